The summed E-state index contributed by atoms with van der Waals surface area (Å²) in [4.78, 5) is 9.52. The average molecular weight is 185 g/mol. The Balaban J connectivity index is 2.33. The van der Waals surface area contributed by atoms with Crippen LogP contribution in [0.3, 0.4) is 0 Å². The summed E-state index contributed by atoms with van der Waals surface area (Å²) >= 11 is 0. The molecule has 0 spiro atoms. The molecule has 13 heavy (non-hydrogen) atoms. The van der Waals surface area contributed by atoms with Gasteiger partial charge in [-0.3, -0.25) is 10.1 Å². The van der Waals surface area contributed by atoms with Crippen LogP contribution >= 0.6 is 0 Å². The Morgan fingerprint density at radius 2 is 2.08 bits per heavy atom. The topological polar surface area (TPSA) is 81.2 Å². The Kier molecular flexibility index (Phi) is 3.54. The molecule has 0 atom stereocenters. The van der Waals surface area contributed by atoms with Gasteiger partial charge >= 0.3 is 0 Å². The summed E-state index contributed by atoms with van der Waals surface area (Å²) in [6.07, 6.45) is 6.57. The predicted molar refractivity (Wildman–Crippen MR) is 49.3 cm³/mol. The van der Waals surface area contributed by atoms with Gasteiger partial charge in [0.1, 0.15) is 0 Å². The molecule has 3 N–H and O–H groups in total. The average Bonchev–Trinajstić information content (AvgIpc) is 2.04. The molecule has 0 radical (unpaired) electrons. The third-order valence-corrected chi connectivity index (χ3v) is 2.22. The Bertz CT molecular complexity index is 209. The van der Waals surface area contributed by atoms with Crippen molar-refractivity contribution in [2.45, 2.75) is 38.1 Å². The number of rotatable bonds is 3. The Morgan fingerprint density at radius 3 is 2.62 bits per heavy atom. The van der Waals surface area contributed by atoms with Crippen molar-refractivity contribution in [3.8, 4) is 0 Å². The van der Waals surface area contributed by atoms with Crippen molar-refractivity contribution in [2.24, 2.45) is 5.73 Å². The first kappa shape index (κ1) is 9.83. The lowest BCUT2D eigenvalue weighted by Gasteiger charge is -2.22. The summed E-state index contributed by atoms with van der Waals surface area (Å²) < 4.78 is 0. The summed E-state index contributed by atoms with van der Waals surface area (Å²) in [5, 5.41) is 13.0. The van der Waals surface area contributed by atoms with Crippen LogP contribution in [0.1, 0.15) is 32.1 Å². The standard InChI is InChI=1S/C8H15N3O2/c9-8(6-11(12)13)10-7-4-2-1-3-5-7/h6-7,10H,1-5,9H2. The van der Waals surface area contributed by atoms with E-state index in [0.29, 0.717) is 6.04 Å². The largest absolute Gasteiger partial charge is 0.380 e. The number of nitrogens with two attached hydrogens (primary N) is 1. The molecule has 0 heterocycles. The van der Waals surface area contributed by atoms with Crippen LogP contribution in [0.2, 0.25) is 0 Å². The van der Waals surface area contributed by atoms with Crippen LogP contribution in [0.4, 0.5) is 0 Å². The van der Waals surface area contributed by atoms with E-state index in [1.165, 1.54) is 19.3 Å². The second kappa shape index (κ2) is 4.69. The summed E-state index contributed by atoms with van der Waals surface area (Å²) in [5.41, 5.74) is 5.41. The van der Waals surface area contributed by atoms with Crippen LogP contribution < -0.4 is 11.1 Å². The molecular formula is C8H15N3O2. The summed E-state index contributed by atoms with van der Waals surface area (Å²) in [5.74, 6) is 0.164. The summed E-state index contributed by atoms with van der Waals surface area (Å²) in [6.45, 7) is 0. The van der Waals surface area contributed by atoms with Gasteiger partial charge in [0.05, 0.1) is 4.92 Å². The molecule has 0 amide bonds. The lowest BCUT2D eigenvalue weighted by Crippen LogP contribution is -2.33. The van der Waals surface area contributed by atoms with Gasteiger partial charge < -0.3 is 11.1 Å². The Morgan fingerprint density at radius 1 is 1.46 bits per heavy atom. The Labute approximate surface area is 77.1 Å². The zero-order valence-electron chi connectivity index (χ0n) is 7.53. The molecule has 0 aromatic carbocycles. The molecule has 1 saturated carbocycles. The smallest absolute Gasteiger partial charge is 0.273 e. The minimum absolute atomic E-state index is 0.164. The predicted octanol–water partition coefficient (Wildman–Crippen LogP) is 0.943. The molecule has 0 bridgehead atoms. The van der Waals surface area contributed by atoms with Gasteiger partial charge in [0, 0.05) is 6.04 Å². The van der Waals surface area contributed by atoms with Crippen molar-refractivity contribution < 1.29 is 4.92 Å². The first-order valence-electron chi connectivity index (χ1n) is 4.56. The van der Waals surface area contributed by atoms with E-state index in [4.69, 9.17) is 5.73 Å². The fraction of sp³-hybridized carbons (Fsp3) is 0.750. The van der Waals surface area contributed by atoms with Gasteiger partial charge in [-0.15, -0.1) is 0 Å². The highest BCUT2D eigenvalue weighted by molar-refractivity contribution is 4.91. The van der Waals surface area contributed by atoms with Gasteiger partial charge in [-0.1, -0.05) is 19.3 Å². The van der Waals surface area contributed by atoms with Gasteiger partial charge in [-0.25, -0.2) is 0 Å². The molecule has 0 aromatic rings. The quantitative estimate of drug-likeness (QED) is 0.506. The van der Waals surface area contributed by atoms with Crippen LogP contribution in [0, 0.1) is 10.1 Å². The molecule has 1 aliphatic carbocycles. The van der Waals surface area contributed by atoms with Gasteiger partial charge in [0.25, 0.3) is 6.20 Å². The first-order chi connectivity index (χ1) is 6.18. The van der Waals surface area contributed by atoms with Crippen molar-refractivity contribution in [3.63, 3.8) is 0 Å². The van der Waals surface area contributed by atoms with E-state index in [9.17, 15) is 10.1 Å². The van der Waals surface area contributed by atoms with Crippen LogP contribution in [0.15, 0.2) is 12.0 Å². The lowest BCUT2D eigenvalue weighted by molar-refractivity contribution is -0.403. The van der Waals surface area contributed by atoms with Gasteiger partial charge in [0.15, 0.2) is 5.82 Å². The maximum Gasteiger partial charge on any atom is 0.273 e. The van der Waals surface area contributed by atoms with E-state index in [0.717, 1.165) is 19.0 Å². The second-order valence-corrected chi connectivity index (χ2v) is 3.35. The number of hydrogen-bond donors (Lipinski definition) is 2. The van der Waals surface area contributed by atoms with E-state index in [1.54, 1.807) is 0 Å². The Hall–Kier alpha value is -1.26. The van der Waals surface area contributed by atoms with Gasteiger partial charge in [0.2, 0.25) is 0 Å². The number of nitrogens with zero attached hydrogens (tertiary/aromatic N) is 1. The van der Waals surface area contributed by atoms with Gasteiger partial charge in [-0.05, 0) is 12.8 Å². The minimum Gasteiger partial charge on any atom is -0.380 e. The molecule has 0 aliphatic heterocycles. The van der Waals surface area contributed by atoms with E-state index in [1.807, 2.05) is 0 Å². The molecule has 1 rings (SSSR count). The third-order valence-electron chi connectivity index (χ3n) is 2.22. The maximum absolute atomic E-state index is 10.1. The van der Waals surface area contributed by atoms with E-state index in [-0.39, 0.29) is 5.82 Å². The van der Waals surface area contributed by atoms with Crippen LogP contribution in [-0.2, 0) is 0 Å². The van der Waals surface area contributed by atoms with Crippen molar-refractivity contribution >= 4 is 0 Å². The van der Waals surface area contributed by atoms with Crippen LogP contribution in [-0.4, -0.2) is 11.0 Å². The van der Waals surface area contributed by atoms with Crippen molar-refractivity contribution in [2.75, 3.05) is 0 Å². The number of nitro groups is 1. The molecule has 5 nitrogen and oxygen atoms in total. The van der Waals surface area contributed by atoms with Crippen molar-refractivity contribution in [1.82, 2.24) is 5.32 Å². The first-order valence-corrected chi connectivity index (χ1v) is 4.56. The van der Waals surface area contributed by atoms with E-state index >= 15 is 0 Å². The molecule has 5 heteroatoms. The van der Waals surface area contributed by atoms with Crippen molar-refractivity contribution in [1.29, 1.82) is 0 Å². The highest BCUT2D eigenvalue weighted by atomic mass is 16.6. The molecule has 0 saturated heterocycles. The zero-order chi connectivity index (χ0) is 9.68. The lowest BCUT2D eigenvalue weighted by atomic mass is 9.96. The molecule has 0 unspecified atom stereocenters. The highest BCUT2D eigenvalue weighted by Crippen LogP contribution is 2.17. The molecule has 1 aliphatic rings. The third kappa shape index (κ3) is 3.78. The summed E-state index contributed by atoms with van der Waals surface area (Å²) in [6, 6.07) is 0.324. The van der Waals surface area contributed by atoms with Crippen LogP contribution in [0.25, 0.3) is 0 Å². The second-order valence-electron chi connectivity index (χ2n) is 3.35. The van der Waals surface area contributed by atoms with Crippen molar-refractivity contribution in [3.05, 3.63) is 22.1 Å². The number of hydrogen-bond acceptors (Lipinski definition) is 4. The highest BCUT2D eigenvalue weighted by Gasteiger charge is 2.13. The molecule has 1 fully saturated rings. The SMILES string of the molecule is NC(=C[N+](=O)[O-])NC1CCCCC1. The maximum atomic E-state index is 10.1. The molecule has 74 valence electrons. The van der Waals surface area contributed by atoms with E-state index < -0.39 is 4.92 Å². The molecular weight excluding hydrogens is 170 g/mol. The zero-order valence-corrected chi connectivity index (χ0v) is 7.53. The normalized spacial score (nSPS) is 19.8. The van der Waals surface area contributed by atoms with E-state index in [2.05, 4.69) is 5.32 Å². The molecule has 0 aromatic heterocycles. The monoisotopic (exact) mass is 185 g/mol. The fourth-order valence-corrected chi connectivity index (χ4v) is 1.63. The minimum atomic E-state index is -0.537. The van der Waals surface area contributed by atoms with Gasteiger partial charge in [-0.2, -0.15) is 0 Å². The number of nitrogens with one attached hydrogen (secondary N) is 1. The fourth-order valence-electron chi connectivity index (χ4n) is 1.63. The summed E-state index contributed by atoms with van der Waals surface area (Å²) in [7, 11) is 0. The van der Waals surface area contributed by atoms with Crippen LogP contribution in [0.5, 0.6) is 0 Å².